The average molecular weight is 99.1 g/mol. The van der Waals surface area contributed by atoms with Crippen molar-refractivity contribution in [2.24, 2.45) is 11.5 Å². The number of nitrogens with one attached hydrogen (secondary N) is 1. The van der Waals surface area contributed by atoms with Gasteiger partial charge in [0.1, 0.15) is 5.82 Å². The molecule has 40 valence electrons. The molecule has 0 fully saturated rings. The van der Waals surface area contributed by atoms with Gasteiger partial charge >= 0.3 is 0 Å². The summed E-state index contributed by atoms with van der Waals surface area (Å²) in [5.74, 6) is 0.653. The van der Waals surface area contributed by atoms with Crippen molar-refractivity contribution in [1.29, 1.82) is 0 Å². The van der Waals surface area contributed by atoms with Gasteiger partial charge in [-0.15, -0.1) is 0 Å². The minimum absolute atomic E-state index is 0.653. The Kier molecular flexibility index (Phi) is 0.817. The fraction of sp³-hybridized carbons (Fsp3) is 0.500. The first-order chi connectivity index (χ1) is 3.30. The third kappa shape index (κ3) is 0.607. The van der Waals surface area contributed by atoms with Crippen LogP contribution in [0.5, 0.6) is 0 Å². The molecule has 0 radical (unpaired) electrons. The van der Waals surface area contributed by atoms with Gasteiger partial charge in [0.2, 0.25) is 0 Å². The van der Waals surface area contributed by atoms with Crippen LogP contribution in [0.25, 0.3) is 0 Å². The van der Waals surface area contributed by atoms with E-state index in [2.05, 4.69) is 5.32 Å². The molecular weight excluding hydrogens is 90.1 g/mol. The predicted octanol–water partition coefficient (Wildman–Crippen LogP) is -0.934. The zero-order chi connectivity index (χ0) is 5.28. The van der Waals surface area contributed by atoms with Crippen LogP contribution in [-0.2, 0) is 0 Å². The van der Waals surface area contributed by atoms with Crippen LogP contribution in [0, 0.1) is 0 Å². The molecule has 5 N–H and O–H groups in total. The molecule has 3 nitrogen and oxygen atoms in total. The van der Waals surface area contributed by atoms with Gasteiger partial charge in [0.05, 0.1) is 5.70 Å². The number of hydrogen-bond donors (Lipinski definition) is 3. The van der Waals surface area contributed by atoms with Crippen molar-refractivity contribution in [3.05, 3.63) is 11.5 Å². The largest absolute Gasteiger partial charge is 0.399 e. The monoisotopic (exact) mass is 99.1 g/mol. The molecule has 0 saturated carbocycles. The minimum atomic E-state index is 0.653. The van der Waals surface area contributed by atoms with Gasteiger partial charge in [-0.25, -0.2) is 0 Å². The first-order valence-corrected chi connectivity index (χ1v) is 2.28. The number of hydrogen-bond acceptors (Lipinski definition) is 3. The maximum absolute atomic E-state index is 5.37. The number of nitrogens with two attached hydrogens (primary N) is 2. The van der Waals surface area contributed by atoms with Crippen molar-refractivity contribution >= 4 is 0 Å². The summed E-state index contributed by atoms with van der Waals surface area (Å²) >= 11 is 0. The molecule has 1 rings (SSSR count). The molecule has 0 aliphatic carbocycles. The highest BCUT2D eigenvalue weighted by Crippen LogP contribution is 1.99. The lowest BCUT2D eigenvalue weighted by molar-refractivity contribution is 0.862. The van der Waals surface area contributed by atoms with Crippen LogP contribution in [0.1, 0.15) is 6.42 Å². The lowest BCUT2D eigenvalue weighted by Gasteiger charge is -1.91. The normalized spacial score (nSPS) is 20.0. The molecule has 1 heterocycles. The fourth-order valence-electron chi connectivity index (χ4n) is 0.580. The van der Waals surface area contributed by atoms with Crippen LogP contribution in [0.4, 0.5) is 0 Å². The van der Waals surface area contributed by atoms with Gasteiger partial charge in [0, 0.05) is 13.0 Å². The predicted molar refractivity (Wildman–Crippen MR) is 28.0 cm³/mol. The Morgan fingerprint density at radius 2 is 2.14 bits per heavy atom. The first-order valence-electron chi connectivity index (χ1n) is 2.28. The maximum atomic E-state index is 5.37. The summed E-state index contributed by atoms with van der Waals surface area (Å²) < 4.78 is 0. The van der Waals surface area contributed by atoms with E-state index in [-0.39, 0.29) is 0 Å². The highest BCUT2D eigenvalue weighted by Gasteiger charge is 2.04. The van der Waals surface area contributed by atoms with Crippen LogP contribution >= 0.6 is 0 Å². The SMILES string of the molecule is NC1=C(N)NCC1. The van der Waals surface area contributed by atoms with Gasteiger partial charge in [0.15, 0.2) is 0 Å². The topological polar surface area (TPSA) is 64.1 Å². The molecule has 1 aliphatic heterocycles. The molecule has 0 saturated heterocycles. The van der Waals surface area contributed by atoms with Crippen molar-refractivity contribution in [2.75, 3.05) is 6.54 Å². The van der Waals surface area contributed by atoms with Gasteiger partial charge in [-0.1, -0.05) is 0 Å². The zero-order valence-electron chi connectivity index (χ0n) is 4.07. The van der Waals surface area contributed by atoms with E-state index >= 15 is 0 Å². The molecule has 0 aromatic heterocycles. The number of rotatable bonds is 0. The molecule has 0 spiro atoms. The molecule has 0 aromatic carbocycles. The summed E-state index contributed by atoms with van der Waals surface area (Å²) in [5.41, 5.74) is 11.5. The van der Waals surface area contributed by atoms with E-state index in [9.17, 15) is 0 Å². The van der Waals surface area contributed by atoms with Crippen molar-refractivity contribution in [3.8, 4) is 0 Å². The summed E-state index contributed by atoms with van der Waals surface area (Å²) in [7, 11) is 0. The Morgan fingerprint density at radius 3 is 2.29 bits per heavy atom. The second-order valence-corrected chi connectivity index (χ2v) is 1.62. The maximum Gasteiger partial charge on any atom is 0.115 e. The summed E-state index contributed by atoms with van der Waals surface area (Å²) in [6, 6.07) is 0. The molecule has 0 bridgehead atoms. The lowest BCUT2D eigenvalue weighted by Crippen LogP contribution is -2.15. The highest BCUT2D eigenvalue weighted by molar-refractivity contribution is 5.10. The highest BCUT2D eigenvalue weighted by atomic mass is 15.0. The van der Waals surface area contributed by atoms with Gasteiger partial charge in [-0.05, 0) is 0 Å². The Morgan fingerprint density at radius 1 is 1.43 bits per heavy atom. The van der Waals surface area contributed by atoms with E-state index in [1.54, 1.807) is 0 Å². The summed E-state index contributed by atoms with van der Waals surface area (Å²) in [6.07, 6.45) is 0.895. The standard InChI is InChI=1S/C4H9N3/c5-3-1-2-7-4(3)6/h7H,1-2,5-6H2. The smallest absolute Gasteiger partial charge is 0.115 e. The van der Waals surface area contributed by atoms with E-state index in [4.69, 9.17) is 11.5 Å². The Hall–Kier alpha value is -0.860. The van der Waals surface area contributed by atoms with Crippen LogP contribution in [0.2, 0.25) is 0 Å². The summed E-state index contributed by atoms with van der Waals surface area (Å²) in [6.45, 7) is 0.900. The van der Waals surface area contributed by atoms with Crippen LogP contribution < -0.4 is 16.8 Å². The van der Waals surface area contributed by atoms with Crippen LogP contribution in [0.3, 0.4) is 0 Å². The molecule has 7 heavy (non-hydrogen) atoms. The van der Waals surface area contributed by atoms with E-state index in [0.29, 0.717) is 5.82 Å². The van der Waals surface area contributed by atoms with Gasteiger partial charge in [0.25, 0.3) is 0 Å². The third-order valence-electron chi connectivity index (χ3n) is 1.06. The van der Waals surface area contributed by atoms with Crippen molar-refractivity contribution in [3.63, 3.8) is 0 Å². The second-order valence-electron chi connectivity index (χ2n) is 1.62. The Bertz CT molecular complexity index is 93.5. The third-order valence-corrected chi connectivity index (χ3v) is 1.06. The van der Waals surface area contributed by atoms with Crippen LogP contribution in [-0.4, -0.2) is 6.54 Å². The van der Waals surface area contributed by atoms with E-state index < -0.39 is 0 Å². The Labute approximate surface area is 42.4 Å². The fourth-order valence-corrected chi connectivity index (χ4v) is 0.580. The summed E-state index contributed by atoms with van der Waals surface area (Å²) in [5, 5.41) is 2.90. The quantitative estimate of drug-likeness (QED) is 0.367. The Balaban J connectivity index is 2.64. The molecule has 0 aromatic rings. The molecule has 0 atom stereocenters. The van der Waals surface area contributed by atoms with E-state index in [0.717, 1.165) is 18.7 Å². The minimum Gasteiger partial charge on any atom is -0.399 e. The molecule has 3 heteroatoms. The average Bonchev–Trinajstić information content (AvgIpc) is 1.91. The second kappa shape index (κ2) is 1.33. The van der Waals surface area contributed by atoms with Crippen molar-refractivity contribution in [2.45, 2.75) is 6.42 Å². The van der Waals surface area contributed by atoms with Crippen molar-refractivity contribution in [1.82, 2.24) is 5.32 Å². The van der Waals surface area contributed by atoms with Crippen LogP contribution in [0.15, 0.2) is 11.5 Å². The summed E-state index contributed by atoms with van der Waals surface area (Å²) in [4.78, 5) is 0. The molecule has 0 unspecified atom stereocenters. The van der Waals surface area contributed by atoms with Crippen molar-refractivity contribution < 1.29 is 0 Å². The van der Waals surface area contributed by atoms with E-state index in [1.165, 1.54) is 0 Å². The van der Waals surface area contributed by atoms with Gasteiger partial charge in [-0.3, -0.25) is 0 Å². The molecular formula is C4H9N3. The molecule has 1 aliphatic rings. The van der Waals surface area contributed by atoms with E-state index in [1.807, 2.05) is 0 Å². The van der Waals surface area contributed by atoms with Gasteiger partial charge in [-0.2, -0.15) is 0 Å². The first kappa shape index (κ1) is 4.30. The van der Waals surface area contributed by atoms with Gasteiger partial charge < -0.3 is 16.8 Å². The lowest BCUT2D eigenvalue weighted by atomic mass is 10.4. The molecule has 0 amide bonds. The zero-order valence-corrected chi connectivity index (χ0v) is 4.07.